The van der Waals surface area contributed by atoms with E-state index >= 15 is 0 Å². The van der Waals surface area contributed by atoms with Crippen LogP contribution in [0.4, 0.5) is 0 Å². The Labute approximate surface area is 108 Å². The van der Waals surface area contributed by atoms with E-state index in [-0.39, 0.29) is 0 Å². The average Bonchev–Trinajstić information content (AvgIpc) is 2.32. The van der Waals surface area contributed by atoms with Gasteiger partial charge in [-0.25, -0.2) is 0 Å². The van der Waals surface area contributed by atoms with Crippen molar-refractivity contribution in [2.24, 2.45) is 5.92 Å². The molecule has 0 aliphatic carbocycles. The van der Waals surface area contributed by atoms with Crippen LogP contribution in [0.5, 0.6) is 0 Å². The summed E-state index contributed by atoms with van der Waals surface area (Å²) in [7, 11) is 0. The molecule has 1 rings (SSSR count). The summed E-state index contributed by atoms with van der Waals surface area (Å²) >= 11 is 0. The van der Waals surface area contributed by atoms with Gasteiger partial charge in [-0.3, -0.25) is 0 Å². The minimum atomic E-state index is 0.758. The van der Waals surface area contributed by atoms with E-state index in [1.807, 2.05) is 0 Å². The lowest BCUT2D eigenvalue weighted by Gasteiger charge is -2.30. The van der Waals surface area contributed by atoms with Crippen LogP contribution in [0.15, 0.2) is 0 Å². The molecule has 1 saturated heterocycles. The molecule has 1 fully saturated rings. The molecule has 0 amide bonds. The highest BCUT2D eigenvalue weighted by Crippen LogP contribution is 2.15. The van der Waals surface area contributed by atoms with Crippen LogP contribution in [-0.4, -0.2) is 37.1 Å². The Hall–Kier alpha value is -0.0800. The molecule has 1 aliphatic rings. The Morgan fingerprint density at radius 3 is 2.24 bits per heavy atom. The van der Waals surface area contributed by atoms with Crippen LogP contribution >= 0.6 is 0 Å². The first-order valence-electron chi connectivity index (χ1n) is 7.72. The quantitative estimate of drug-likeness (QED) is 0.700. The van der Waals surface area contributed by atoms with E-state index in [0.717, 1.165) is 12.0 Å². The molecule has 2 heteroatoms. The van der Waals surface area contributed by atoms with Gasteiger partial charge in [-0.1, -0.05) is 33.6 Å². The molecule has 0 atom stereocenters. The van der Waals surface area contributed by atoms with Gasteiger partial charge in [-0.15, -0.1) is 0 Å². The Morgan fingerprint density at radius 1 is 1.12 bits per heavy atom. The maximum absolute atomic E-state index is 3.74. The highest BCUT2D eigenvalue weighted by molar-refractivity contribution is 4.72. The van der Waals surface area contributed by atoms with E-state index in [1.165, 1.54) is 64.7 Å². The number of nitrogens with zero attached hydrogens (tertiary/aromatic N) is 1. The molecule has 2 nitrogen and oxygen atoms in total. The SMILES string of the molecule is CCCC(CCC)NCCN1CCC(C)CC1. The van der Waals surface area contributed by atoms with Crippen LogP contribution in [0.1, 0.15) is 59.3 Å². The molecular weight excluding hydrogens is 208 g/mol. The number of piperidine rings is 1. The van der Waals surface area contributed by atoms with Crippen LogP contribution in [0, 0.1) is 5.92 Å². The molecule has 1 N–H and O–H groups in total. The Morgan fingerprint density at radius 2 is 1.71 bits per heavy atom. The van der Waals surface area contributed by atoms with E-state index < -0.39 is 0 Å². The van der Waals surface area contributed by atoms with Crippen LogP contribution in [0.25, 0.3) is 0 Å². The van der Waals surface area contributed by atoms with Crippen LogP contribution < -0.4 is 5.32 Å². The van der Waals surface area contributed by atoms with Crippen molar-refractivity contribution < 1.29 is 0 Å². The summed E-state index contributed by atoms with van der Waals surface area (Å²) in [6.45, 7) is 12.0. The van der Waals surface area contributed by atoms with E-state index in [9.17, 15) is 0 Å². The van der Waals surface area contributed by atoms with Gasteiger partial charge in [0.2, 0.25) is 0 Å². The molecule has 0 bridgehead atoms. The summed E-state index contributed by atoms with van der Waals surface area (Å²) in [5, 5.41) is 3.74. The summed E-state index contributed by atoms with van der Waals surface area (Å²) < 4.78 is 0. The standard InChI is InChI=1S/C15H32N2/c1-4-6-15(7-5-2)16-10-13-17-11-8-14(3)9-12-17/h14-16H,4-13H2,1-3H3. The second-order valence-corrected chi connectivity index (χ2v) is 5.75. The lowest BCUT2D eigenvalue weighted by Crippen LogP contribution is -2.40. The predicted octanol–water partition coefficient (Wildman–Crippen LogP) is 3.28. The minimum Gasteiger partial charge on any atom is -0.313 e. The largest absolute Gasteiger partial charge is 0.313 e. The van der Waals surface area contributed by atoms with Crippen molar-refractivity contribution in [1.29, 1.82) is 0 Å². The first-order valence-corrected chi connectivity index (χ1v) is 7.72. The molecule has 1 aliphatic heterocycles. The molecule has 0 aromatic rings. The van der Waals surface area contributed by atoms with Crippen molar-refractivity contribution in [2.75, 3.05) is 26.2 Å². The molecule has 17 heavy (non-hydrogen) atoms. The predicted molar refractivity (Wildman–Crippen MR) is 76.4 cm³/mol. The van der Waals surface area contributed by atoms with Crippen molar-refractivity contribution in [3.05, 3.63) is 0 Å². The molecular formula is C15H32N2. The topological polar surface area (TPSA) is 15.3 Å². The van der Waals surface area contributed by atoms with E-state index in [0.29, 0.717) is 0 Å². The molecule has 1 heterocycles. The summed E-state index contributed by atoms with van der Waals surface area (Å²) in [4.78, 5) is 2.63. The van der Waals surface area contributed by atoms with Gasteiger partial charge < -0.3 is 10.2 Å². The zero-order valence-corrected chi connectivity index (χ0v) is 12.2. The van der Waals surface area contributed by atoms with Crippen LogP contribution in [0.2, 0.25) is 0 Å². The molecule has 0 saturated carbocycles. The maximum atomic E-state index is 3.74. The summed E-state index contributed by atoms with van der Waals surface area (Å²) in [6, 6.07) is 0.758. The third-order valence-corrected chi connectivity index (χ3v) is 4.01. The molecule has 0 radical (unpaired) electrons. The second kappa shape index (κ2) is 8.93. The fourth-order valence-electron chi connectivity index (χ4n) is 2.76. The first kappa shape index (κ1) is 15.0. The van der Waals surface area contributed by atoms with E-state index in [2.05, 4.69) is 31.0 Å². The average molecular weight is 240 g/mol. The van der Waals surface area contributed by atoms with Gasteiger partial charge in [0.25, 0.3) is 0 Å². The summed E-state index contributed by atoms with van der Waals surface area (Å²) in [6.07, 6.45) is 8.08. The van der Waals surface area contributed by atoms with Gasteiger partial charge in [0.05, 0.1) is 0 Å². The lowest BCUT2D eigenvalue weighted by atomic mass is 9.99. The Kier molecular flexibility index (Phi) is 7.87. The first-order chi connectivity index (χ1) is 8.26. The van der Waals surface area contributed by atoms with Gasteiger partial charge in [0.15, 0.2) is 0 Å². The van der Waals surface area contributed by atoms with Crippen molar-refractivity contribution >= 4 is 0 Å². The normalized spacial score (nSPS) is 19.1. The smallest absolute Gasteiger partial charge is 0.0107 e. The summed E-state index contributed by atoms with van der Waals surface area (Å²) in [5.74, 6) is 0.951. The Bertz CT molecular complexity index is 168. The van der Waals surface area contributed by atoms with Crippen molar-refractivity contribution in [3.63, 3.8) is 0 Å². The zero-order valence-electron chi connectivity index (χ0n) is 12.2. The van der Waals surface area contributed by atoms with Gasteiger partial charge in [0, 0.05) is 19.1 Å². The van der Waals surface area contributed by atoms with Crippen LogP contribution in [0.3, 0.4) is 0 Å². The second-order valence-electron chi connectivity index (χ2n) is 5.75. The van der Waals surface area contributed by atoms with Gasteiger partial charge >= 0.3 is 0 Å². The third kappa shape index (κ3) is 6.42. The minimum absolute atomic E-state index is 0.758. The molecule has 0 spiro atoms. The fourth-order valence-corrected chi connectivity index (χ4v) is 2.76. The van der Waals surface area contributed by atoms with Crippen LogP contribution in [-0.2, 0) is 0 Å². The van der Waals surface area contributed by atoms with Crippen molar-refractivity contribution in [3.8, 4) is 0 Å². The molecule has 0 aromatic heterocycles. The zero-order chi connectivity index (χ0) is 12.5. The highest BCUT2D eigenvalue weighted by atomic mass is 15.1. The number of hydrogen-bond donors (Lipinski definition) is 1. The number of likely N-dealkylation sites (tertiary alicyclic amines) is 1. The van der Waals surface area contributed by atoms with Gasteiger partial charge in [-0.2, -0.15) is 0 Å². The maximum Gasteiger partial charge on any atom is 0.0107 e. The van der Waals surface area contributed by atoms with Crippen molar-refractivity contribution in [2.45, 2.75) is 65.3 Å². The summed E-state index contributed by atoms with van der Waals surface area (Å²) in [5.41, 5.74) is 0. The van der Waals surface area contributed by atoms with E-state index in [1.54, 1.807) is 0 Å². The monoisotopic (exact) mass is 240 g/mol. The molecule has 0 aromatic carbocycles. The Balaban J connectivity index is 2.08. The third-order valence-electron chi connectivity index (χ3n) is 4.01. The fraction of sp³-hybridized carbons (Fsp3) is 1.00. The molecule has 102 valence electrons. The highest BCUT2D eigenvalue weighted by Gasteiger charge is 2.15. The lowest BCUT2D eigenvalue weighted by molar-refractivity contribution is 0.190. The van der Waals surface area contributed by atoms with Gasteiger partial charge in [0.1, 0.15) is 0 Å². The number of nitrogens with one attached hydrogen (secondary N) is 1. The van der Waals surface area contributed by atoms with Crippen molar-refractivity contribution in [1.82, 2.24) is 10.2 Å². The number of hydrogen-bond acceptors (Lipinski definition) is 2. The van der Waals surface area contributed by atoms with E-state index in [4.69, 9.17) is 0 Å². The van der Waals surface area contributed by atoms with Gasteiger partial charge in [-0.05, 0) is 44.7 Å². The number of rotatable bonds is 8. The molecule has 0 unspecified atom stereocenters.